The summed E-state index contributed by atoms with van der Waals surface area (Å²) in [7, 11) is 0. The number of nitro benzene ring substituents is 1. The molecular weight excluding hydrogens is 390 g/mol. The Kier molecular flexibility index (Phi) is 4.72. The molecule has 7 heteroatoms. The van der Waals surface area contributed by atoms with Crippen molar-refractivity contribution >= 4 is 43.2 Å². The fourth-order valence-corrected chi connectivity index (χ4v) is 2.84. The van der Waals surface area contributed by atoms with Gasteiger partial charge in [0, 0.05) is 33.0 Å². The fourth-order valence-electron chi connectivity index (χ4n) is 1.71. The minimum Gasteiger partial charge on any atom is -0.379 e. The summed E-state index contributed by atoms with van der Waals surface area (Å²) in [4.78, 5) is 14.6. The van der Waals surface area contributed by atoms with Gasteiger partial charge >= 0.3 is 0 Å². The minimum atomic E-state index is -0.399. The fraction of sp³-hybridized carbons (Fsp3) is 0.154. The van der Waals surface area contributed by atoms with Gasteiger partial charge < -0.3 is 5.32 Å². The third-order valence-corrected chi connectivity index (χ3v) is 3.87. The Hall–Kier alpha value is -1.47. The zero-order chi connectivity index (χ0) is 14.7. The van der Waals surface area contributed by atoms with Gasteiger partial charge in [-0.15, -0.1) is 0 Å². The number of nitrogens with zero attached hydrogens (tertiary/aromatic N) is 2. The number of rotatable bonds is 4. The van der Waals surface area contributed by atoms with Crippen molar-refractivity contribution in [1.82, 2.24) is 4.98 Å². The van der Waals surface area contributed by atoms with Gasteiger partial charge in [0.15, 0.2) is 0 Å². The quantitative estimate of drug-likeness (QED) is 0.608. The first-order valence-corrected chi connectivity index (χ1v) is 7.35. The molecule has 20 heavy (non-hydrogen) atoms. The number of non-ortho nitro benzene ring substituents is 1. The Labute approximate surface area is 132 Å². The van der Waals surface area contributed by atoms with Crippen molar-refractivity contribution in [2.45, 2.75) is 13.5 Å². The number of hydrogen-bond acceptors (Lipinski definition) is 4. The van der Waals surface area contributed by atoms with Crippen LogP contribution in [0.2, 0.25) is 0 Å². The molecule has 0 spiro atoms. The molecule has 0 unspecified atom stereocenters. The van der Waals surface area contributed by atoms with Crippen molar-refractivity contribution in [1.29, 1.82) is 0 Å². The van der Waals surface area contributed by atoms with Gasteiger partial charge in [0.1, 0.15) is 0 Å². The van der Waals surface area contributed by atoms with E-state index in [0.717, 1.165) is 25.9 Å². The number of aryl methyl sites for hydroxylation is 1. The van der Waals surface area contributed by atoms with E-state index in [9.17, 15) is 10.1 Å². The predicted octanol–water partition coefficient (Wildman–Crippen LogP) is 4.44. The minimum absolute atomic E-state index is 0.0935. The van der Waals surface area contributed by atoms with Crippen molar-refractivity contribution in [3.63, 3.8) is 0 Å². The second-order valence-corrected chi connectivity index (χ2v) is 5.96. The first-order chi connectivity index (χ1) is 9.47. The lowest BCUT2D eigenvalue weighted by Gasteiger charge is -2.10. The van der Waals surface area contributed by atoms with Crippen molar-refractivity contribution < 1.29 is 4.92 Å². The van der Waals surface area contributed by atoms with E-state index in [1.165, 1.54) is 6.07 Å². The summed E-state index contributed by atoms with van der Waals surface area (Å²) in [6, 6.07) is 6.67. The number of nitro groups is 1. The normalized spacial score (nSPS) is 10.3. The van der Waals surface area contributed by atoms with E-state index in [2.05, 4.69) is 42.2 Å². The predicted molar refractivity (Wildman–Crippen MR) is 84.8 cm³/mol. The van der Waals surface area contributed by atoms with E-state index >= 15 is 0 Å². The van der Waals surface area contributed by atoms with Crippen molar-refractivity contribution in [2.24, 2.45) is 0 Å². The SMILES string of the molecule is Cc1cc([N+](=O)[O-])ccc1NCc1ncc(Br)cc1Br. The van der Waals surface area contributed by atoms with Crippen molar-refractivity contribution in [3.8, 4) is 0 Å². The lowest BCUT2D eigenvalue weighted by molar-refractivity contribution is -0.384. The van der Waals surface area contributed by atoms with Crippen LogP contribution in [0.3, 0.4) is 0 Å². The summed E-state index contributed by atoms with van der Waals surface area (Å²) in [6.07, 6.45) is 1.73. The summed E-state index contributed by atoms with van der Waals surface area (Å²) in [5, 5.41) is 13.9. The van der Waals surface area contributed by atoms with Crippen LogP contribution >= 0.6 is 31.9 Å². The number of anilines is 1. The molecule has 5 nitrogen and oxygen atoms in total. The molecule has 2 aromatic rings. The van der Waals surface area contributed by atoms with Crippen LogP contribution in [-0.2, 0) is 6.54 Å². The molecule has 0 aliphatic rings. The number of aromatic nitrogens is 1. The second kappa shape index (κ2) is 6.32. The number of hydrogen-bond donors (Lipinski definition) is 1. The zero-order valence-electron chi connectivity index (χ0n) is 10.6. The first kappa shape index (κ1) is 14.9. The van der Waals surface area contributed by atoms with Gasteiger partial charge in [0.25, 0.3) is 5.69 Å². The molecule has 0 aliphatic heterocycles. The maximum absolute atomic E-state index is 10.7. The monoisotopic (exact) mass is 399 g/mol. The topological polar surface area (TPSA) is 68.1 Å². The van der Waals surface area contributed by atoms with Crippen molar-refractivity contribution in [2.75, 3.05) is 5.32 Å². The van der Waals surface area contributed by atoms with Gasteiger partial charge in [-0.25, -0.2) is 0 Å². The molecule has 0 saturated heterocycles. The molecular formula is C13H11Br2N3O2. The summed E-state index contributed by atoms with van der Waals surface area (Å²) in [5.41, 5.74) is 2.64. The lowest BCUT2D eigenvalue weighted by atomic mass is 10.2. The van der Waals surface area contributed by atoms with Crippen LogP contribution in [0.4, 0.5) is 11.4 Å². The van der Waals surface area contributed by atoms with E-state index in [1.807, 2.05) is 13.0 Å². The number of nitrogens with one attached hydrogen (secondary N) is 1. The summed E-state index contributed by atoms with van der Waals surface area (Å²) in [5.74, 6) is 0. The maximum atomic E-state index is 10.7. The van der Waals surface area contributed by atoms with E-state index in [0.29, 0.717) is 6.54 Å². The third kappa shape index (κ3) is 3.55. The molecule has 1 aromatic carbocycles. The Morgan fingerprint density at radius 2 is 2.10 bits per heavy atom. The van der Waals surface area contributed by atoms with Crippen LogP contribution in [0.5, 0.6) is 0 Å². The highest BCUT2D eigenvalue weighted by Gasteiger charge is 2.08. The van der Waals surface area contributed by atoms with Gasteiger partial charge in [-0.05, 0) is 56.5 Å². The molecule has 1 heterocycles. The zero-order valence-corrected chi connectivity index (χ0v) is 13.7. The van der Waals surface area contributed by atoms with Gasteiger partial charge in [-0.2, -0.15) is 0 Å². The summed E-state index contributed by atoms with van der Waals surface area (Å²) >= 11 is 6.80. The standard InChI is InChI=1S/C13H11Br2N3O2/c1-8-4-10(18(19)20)2-3-12(8)17-7-13-11(15)5-9(14)6-16-13/h2-6,17H,7H2,1H3. The second-order valence-electron chi connectivity index (χ2n) is 4.19. The first-order valence-electron chi connectivity index (χ1n) is 5.76. The van der Waals surface area contributed by atoms with Gasteiger partial charge in [-0.1, -0.05) is 0 Å². The van der Waals surface area contributed by atoms with Crippen LogP contribution in [0.1, 0.15) is 11.3 Å². The van der Waals surface area contributed by atoms with Gasteiger partial charge in [-0.3, -0.25) is 15.1 Å². The summed E-state index contributed by atoms with van der Waals surface area (Å²) in [6.45, 7) is 2.37. The number of benzene rings is 1. The molecule has 2 rings (SSSR count). The van der Waals surface area contributed by atoms with Crippen LogP contribution in [-0.4, -0.2) is 9.91 Å². The molecule has 1 N–H and O–H groups in total. The number of halogens is 2. The van der Waals surface area contributed by atoms with E-state index in [4.69, 9.17) is 0 Å². The Bertz CT molecular complexity index is 662. The van der Waals surface area contributed by atoms with Crippen LogP contribution in [0.25, 0.3) is 0 Å². The largest absolute Gasteiger partial charge is 0.379 e. The molecule has 0 amide bonds. The van der Waals surface area contributed by atoms with Crippen LogP contribution < -0.4 is 5.32 Å². The van der Waals surface area contributed by atoms with Crippen LogP contribution in [0.15, 0.2) is 39.4 Å². The molecule has 104 valence electrons. The highest BCUT2D eigenvalue weighted by Crippen LogP contribution is 2.24. The Morgan fingerprint density at radius 3 is 2.70 bits per heavy atom. The maximum Gasteiger partial charge on any atom is 0.269 e. The average molecular weight is 401 g/mol. The molecule has 0 saturated carbocycles. The Balaban J connectivity index is 2.13. The highest BCUT2D eigenvalue weighted by atomic mass is 79.9. The molecule has 1 aromatic heterocycles. The van der Waals surface area contributed by atoms with E-state index in [-0.39, 0.29) is 5.69 Å². The Morgan fingerprint density at radius 1 is 1.35 bits per heavy atom. The molecule has 0 radical (unpaired) electrons. The molecule has 0 atom stereocenters. The van der Waals surface area contributed by atoms with Gasteiger partial charge in [0.2, 0.25) is 0 Å². The molecule has 0 bridgehead atoms. The van der Waals surface area contributed by atoms with Crippen LogP contribution in [0, 0.1) is 17.0 Å². The average Bonchev–Trinajstić information content (AvgIpc) is 2.38. The summed E-state index contributed by atoms with van der Waals surface area (Å²) < 4.78 is 1.80. The lowest BCUT2D eigenvalue weighted by Crippen LogP contribution is -2.04. The molecule has 0 fully saturated rings. The van der Waals surface area contributed by atoms with Crippen molar-refractivity contribution in [3.05, 3.63) is 60.8 Å². The van der Waals surface area contributed by atoms with E-state index < -0.39 is 4.92 Å². The van der Waals surface area contributed by atoms with E-state index in [1.54, 1.807) is 18.3 Å². The third-order valence-electron chi connectivity index (χ3n) is 2.75. The van der Waals surface area contributed by atoms with Gasteiger partial charge in [0.05, 0.1) is 17.2 Å². The highest BCUT2D eigenvalue weighted by molar-refractivity contribution is 9.11. The molecule has 0 aliphatic carbocycles. The number of pyridine rings is 1. The smallest absolute Gasteiger partial charge is 0.269 e.